The van der Waals surface area contributed by atoms with Crippen LogP contribution in [0.15, 0.2) is 18.2 Å². The number of carbonyl (C=O) groups is 1. The van der Waals surface area contributed by atoms with Gasteiger partial charge in [0.25, 0.3) is 0 Å². The first kappa shape index (κ1) is 22.9. The molecule has 3 heterocycles. The number of hydrogen-bond acceptors (Lipinski definition) is 4. The number of piperidine rings is 2. The van der Waals surface area contributed by atoms with Crippen molar-refractivity contribution in [2.75, 3.05) is 45.8 Å². The van der Waals surface area contributed by atoms with E-state index in [1.54, 1.807) is 0 Å². The Labute approximate surface area is 202 Å². The Balaban J connectivity index is 1.25. The SMILES string of the molecule is NC1CCN(C2CN(CC[C@]3(c4ccc(Cl)c(Cl)c4)CCC(=O)N(CC4CC4)C3)C2)CC1. The summed E-state index contributed by atoms with van der Waals surface area (Å²) in [6.07, 6.45) is 7.36. The predicted molar refractivity (Wildman–Crippen MR) is 130 cm³/mol. The van der Waals surface area contributed by atoms with Gasteiger partial charge in [-0.05, 0) is 68.7 Å². The van der Waals surface area contributed by atoms with Crippen LogP contribution in [0.4, 0.5) is 0 Å². The highest BCUT2D eigenvalue weighted by Crippen LogP contribution is 2.42. The van der Waals surface area contributed by atoms with Crippen LogP contribution >= 0.6 is 23.2 Å². The van der Waals surface area contributed by atoms with E-state index in [-0.39, 0.29) is 5.41 Å². The van der Waals surface area contributed by atoms with E-state index in [2.05, 4.69) is 20.8 Å². The summed E-state index contributed by atoms with van der Waals surface area (Å²) in [7, 11) is 0. The maximum atomic E-state index is 12.7. The molecule has 5 rings (SSSR count). The van der Waals surface area contributed by atoms with E-state index in [1.165, 1.54) is 18.4 Å². The highest BCUT2D eigenvalue weighted by Gasteiger charge is 2.43. The summed E-state index contributed by atoms with van der Waals surface area (Å²) in [5.41, 5.74) is 7.27. The fraction of sp³-hybridized carbons (Fsp3) is 0.720. The first-order chi connectivity index (χ1) is 15.4. The number of benzene rings is 1. The molecule has 1 aromatic carbocycles. The molecule has 1 atom stereocenters. The molecule has 1 aromatic rings. The van der Waals surface area contributed by atoms with Crippen molar-refractivity contribution in [3.8, 4) is 0 Å². The third-order valence-electron chi connectivity index (χ3n) is 8.31. The Kier molecular flexibility index (Phi) is 6.75. The maximum absolute atomic E-state index is 12.7. The Morgan fingerprint density at radius 1 is 1.06 bits per heavy atom. The first-order valence-electron chi connectivity index (χ1n) is 12.4. The van der Waals surface area contributed by atoms with Gasteiger partial charge in [-0.3, -0.25) is 9.69 Å². The molecular weight excluding hydrogens is 443 g/mol. The van der Waals surface area contributed by atoms with Gasteiger partial charge < -0.3 is 15.5 Å². The van der Waals surface area contributed by atoms with Crippen molar-refractivity contribution < 1.29 is 4.79 Å². The van der Waals surface area contributed by atoms with Gasteiger partial charge in [0, 0.05) is 63.2 Å². The zero-order valence-electron chi connectivity index (χ0n) is 18.9. The molecule has 2 N–H and O–H groups in total. The number of hydrogen-bond donors (Lipinski definition) is 1. The number of likely N-dealkylation sites (tertiary alicyclic amines) is 3. The molecule has 3 saturated heterocycles. The van der Waals surface area contributed by atoms with Crippen molar-refractivity contribution >= 4 is 29.1 Å². The second-order valence-electron chi connectivity index (χ2n) is 10.7. The van der Waals surface area contributed by atoms with E-state index >= 15 is 0 Å². The molecule has 0 bridgehead atoms. The number of rotatable bonds is 7. The van der Waals surface area contributed by atoms with Crippen LogP contribution in [0.1, 0.15) is 50.5 Å². The zero-order valence-corrected chi connectivity index (χ0v) is 20.5. The normalized spacial score (nSPS) is 28.8. The summed E-state index contributed by atoms with van der Waals surface area (Å²) in [5, 5.41) is 1.21. The average Bonchev–Trinajstić information content (AvgIpc) is 3.56. The molecule has 0 radical (unpaired) electrons. The van der Waals surface area contributed by atoms with Gasteiger partial charge in [-0.1, -0.05) is 29.3 Å². The largest absolute Gasteiger partial charge is 0.342 e. The molecule has 4 aliphatic rings. The lowest BCUT2D eigenvalue weighted by atomic mass is 9.71. The Bertz CT molecular complexity index is 833. The highest BCUT2D eigenvalue weighted by molar-refractivity contribution is 6.42. The van der Waals surface area contributed by atoms with Crippen molar-refractivity contribution in [2.45, 2.75) is 62.4 Å². The minimum Gasteiger partial charge on any atom is -0.342 e. The van der Waals surface area contributed by atoms with Crippen molar-refractivity contribution in [1.29, 1.82) is 0 Å². The number of nitrogens with two attached hydrogens (primary N) is 1. The van der Waals surface area contributed by atoms with Gasteiger partial charge >= 0.3 is 0 Å². The van der Waals surface area contributed by atoms with Crippen LogP contribution < -0.4 is 5.73 Å². The molecule has 4 fully saturated rings. The lowest BCUT2D eigenvalue weighted by molar-refractivity contribution is -0.136. The second-order valence-corrected chi connectivity index (χ2v) is 11.5. The second kappa shape index (κ2) is 9.42. The Morgan fingerprint density at radius 2 is 1.81 bits per heavy atom. The van der Waals surface area contributed by atoms with Crippen molar-refractivity contribution in [1.82, 2.24) is 14.7 Å². The van der Waals surface area contributed by atoms with Gasteiger partial charge in [0.05, 0.1) is 10.0 Å². The maximum Gasteiger partial charge on any atom is 0.222 e. The van der Waals surface area contributed by atoms with Crippen LogP contribution in [0.3, 0.4) is 0 Å². The lowest BCUT2D eigenvalue weighted by Gasteiger charge is -2.49. The van der Waals surface area contributed by atoms with Gasteiger partial charge in [-0.15, -0.1) is 0 Å². The predicted octanol–water partition coefficient (Wildman–Crippen LogP) is 3.76. The number of carbonyl (C=O) groups excluding carboxylic acids is 1. The van der Waals surface area contributed by atoms with Crippen LogP contribution in [0.2, 0.25) is 10.0 Å². The number of nitrogens with zero attached hydrogens (tertiary/aromatic N) is 3. The molecule has 3 aliphatic heterocycles. The minimum atomic E-state index is -0.0417. The molecule has 32 heavy (non-hydrogen) atoms. The average molecular weight is 479 g/mol. The summed E-state index contributed by atoms with van der Waals surface area (Å²) in [4.78, 5) is 20.1. The topological polar surface area (TPSA) is 52.8 Å². The molecule has 176 valence electrons. The van der Waals surface area contributed by atoms with Gasteiger partial charge in [0.15, 0.2) is 0 Å². The van der Waals surface area contributed by atoms with E-state index in [9.17, 15) is 4.79 Å². The van der Waals surface area contributed by atoms with Crippen LogP contribution in [0.25, 0.3) is 0 Å². The quantitative estimate of drug-likeness (QED) is 0.647. The van der Waals surface area contributed by atoms with Gasteiger partial charge in [0.2, 0.25) is 5.91 Å². The smallest absolute Gasteiger partial charge is 0.222 e. The molecule has 0 unspecified atom stereocenters. The highest BCUT2D eigenvalue weighted by atomic mass is 35.5. The molecule has 1 amide bonds. The van der Waals surface area contributed by atoms with E-state index in [0.29, 0.717) is 40.4 Å². The van der Waals surface area contributed by atoms with Crippen molar-refractivity contribution in [2.24, 2.45) is 11.7 Å². The molecule has 1 saturated carbocycles. The molecule has 0 spiro atoms. The molecule has 1 aliphatic carbocycles. The van der Waals surface area contributed by atoms with Crippen LogP contribution in [-0.4, -0.2) is 78.5 Å². The van der Waals surface area contributed by atoms with Gasteiger partial charge in [0.1, 0.15) is 0 Å². The standard InChI is InChI=1S/C25H36Cl2N4O/c26-22-4-3-19(13-23(22)27)25(8-5-24(32)31(17-25)14-18-1-2-18)9-12-29-15-21(16-29)30-10-6-20(28)7-11-30/h3-4,13,18,20-21H,1-2,5-12,14-17,28H2/t25-/m1/s1. The number of amides is 1. The van der Waals surface area contributed by atoms with E-state index in [0.717, 1.165) is 71.5 Å². The lowest BCUT2D eigenvalue weighted by Crippen LogP contribution is -2.62. The van der Waals surface area contributed by atoms with Crippen LogP contribution in [-0.2, 0) is 10.2 Å². The van der Waals surface area contributed by atoms with Crippen molar-refractivity contribution in [3.05, 3.63) is 33.8 Å². The van der Waals surface area contributed by atoms with Gasteiger partial charge in [-0.25, -0.2) is 0 Å². The summed E-state index contributed by atoms with van der Waals surface area (Å²) in [6, 6.07) is 7.17. The third kappa shape index (κ3) is 4.97. The Hall–Kier alpha value is -0.850. The monoisotopic (exact) mass is 478 g/mol. The van der Waals surface area contributed by atoms with Gasteiger partial charge in [-0.2, -0.15) is 0 Å². The molecule has 7 heteroatoms. The number of halogens is 2. The van der Waals surface area contributed by atoms with E-state index < -0.39 is 0 Å². The van der Waals surface area contributed by atoms with E-state index in [4.69, 9.17) is 28.9 Å². The molecule has 5 nitrogen and oxygen atoms in total. The summed E-state index contributed by atoms with van der Waals surface area (Å²) < 4.78 is 0. The summed E-state index contributed by atoms with van der Waals surface area (Å²) in [5.74, 6) is 1.03. The summed E-state index contributed by atoms with van der Waals surface area (Å²) in [6.45, 7) is 7.38. The minimum absolute atomic E-state index is 0.0417. The summed E-state index contributed by atoms with van der Waals surface area (Å²) >= 11 is 12.7. The zero-order chi connectivity index (χ0) is 22.3. The first-order valence-corrected chi connectivity index (χ1v) is 13.1. The molecular formula is C25H36Cl2N4O. The third-order valence-corrected chi connectivity index (χ3v) is 9.05. The fourth-order valence-corrected chi connectivity index (χ4v) is 6.14. The van der Waals surface area contributed by atoms with E-state index in [1.807, 2.05) is 12.1 Å². The van der Waals surface area contributed by atoms with Crippen molar-refractivity contribution in [3.63, 3.8) is 0 Å². The van der Waals surface area contributed by atoms with Crippen LogP contribution in [0, 0.1) is 5.92 Å². The Morgan fingerprint density at radius 3 is 2.50 bits per heavy atom. The van der Waals surface area contributed by atoms with Crippen LogP contribution in [0.5, 0.6) is 0 Å². The molecule has 0 aromatic heterocycles. The fourth-order valence-electron chi connectivity index (χ4n) is 5.84.